The van der Waals surface area contributed by atoms with E-state index in [0.29, 0.717) is 5.92 Å². The summed E-state index contributed by atoms with van der Waals surface area (Å²) in [5.41, 5.74) is 6.68. The minimum atomic E-state index is 0.654. The molecule has 210 valence electrons. The van der Waals surface area contributed by atoms with Crippen LogP contribution in [0.3, 0.4) is 0 Å². The molecule has 0 aromatic heterocycles. The first-order valence-corrected chi connectivity index (χ1v) is 15.8. The summed E-state index contributed by atoms with van der Waals surface area (Å²) in [5, 5.41) is 0. The van der Waals surface area contributed by atoms with Gasteiger partial charge in [-0.3, -0.25) is 0 Å². The summed E-state index contributed by atoms with van der Waals surface area (Å²) in [5.74, 6) is 1.61. The lowest BCUT2D eigenvalue weighted by atomic mass is 9.86. The summed E-state index contributed by atoms with van der Waals surface area (Å²) in [7, 11) is 0. The van der Waals surface area contributed by atoms with E-state index < -0.39 is 0 Å². The van der Waals surface area contributed by atoms with E-state index in [1.165, 1.54) is 98.5 Å². The SMILES string of the molecule is CCCCCCCCCCCCC/C(=C(\c1ccccc1)c1ccc(OCCC(C)C)cc1)c1ccccc1. The predicted octanol–water partition coefficient (Wildman–Crippen LogP) is 11.8. The van der Waals surface area contributed by atoms with Gasteiger partial charge in [0.2, 0.25) is 0 Å². The van der Waals surface area contributed by atoms with Crippen molar-refractivity contribution in [3.63, 3.8) is 0 Å². The van der Waals surface area contributed by atoms with Crippen LogP contribution in [0.5, 0.6) is 5.75 Å². The highest BCUT2D eigenvalue weighted by molar-refractivity contribution is 5.98. The molecule has 0 heterocycles. The molecule has 0 amide bonds. The van der Waals surface area contributed by atoms with Crippen molar-refractivity contribution in [2.75, 3.05) is 6.61 Å². The molecule has 0 aliphatic heterocycles. The largest absolute Gasteiger partial charge is 0.494 e. The van der Waals surface area contributed by atoms with E-state index >= 15 is 0 Å². The molecule has 0 aliphatic rings. The molecule has 39 heavy (non-hydrogen) atoms. The topological polar surface area (TPSA) is 9.23 Å². The lowest BCUT2D eigenvalue weighted by Crippen LogP contribution is -2.01. The molecule has 0 saturated carbocycles. The van der Waals surface area contributed by atoms with E-state index in [1.807, 2.05) is 0 Å². The smallest absolute Gasteiger partial charge is 0.119 e. The highest BCUT2D eigenvalue weighted by atomic mass is 16.5. The van der Waals surface area contributed by atoms with E-state index in [-0.39, 0.29) is 0 Å². The van der Waals surface area contributed by atoms with Crippen LogP contribution >= 0.6 is 0 Å². The summed E-state index contributed by atoms with van der Waals surface area (Å²) < 4.78 is 6.03. The molecule has 0 radical (unpaired) electrons. The van der Waals surface area contributed by atoms with Gasteiger partial charge in [0.25, 0.3) is 0 Å². The van der Waals surface area contributed by atoms with Gasteiger partial charge >= 0.3 is 0 Å². The number of allylic oxidation sites excluding steroid dienone is 1. The van der Waals surface area contributed by atoms with Crippen molar-refractivity contribution >= 4 is 11.1 Å². The predicted molar refractivity (Wildman–Crippen MR) is 171 cm³/mol. The van der Waals surface area contributed by atoms with E-state index in [9.17, 15) is 0 Å². The van der Waals surface area contributed by atoms with Crippen molar-refractivity contribution in [2.45, 2.75) is 104 Å². The molecular formula is C38H52O. The normalized spacial score (nSPS) is 12.0. The number of benzene rings is 3. The molecule has 0 aliphatic carbocycles. The molecule has 0 bridgehead atoms. The molecule has 0 saturated heterocycles. The Hall–Kier alpha value is -2.80. The highest BCUT2D eigenvalue weighted by Crippen LogP contribution is 2.36. The Labute approximate surface area is 239 Å². The second kappa shape index (κ2) is 18.5. The van der Waals surface area contributed by atoms with Crippen molar-refractivity contribution in [1.82, 2.24) is 0 Å². The van der Waals surface area contributed by atoms with Crippen LogP contribution in [0.4, 0.5) is 0 Å². The summed E-state index contributed by atoms with van der Waals surface area (Å²) >= 11 is 0. The Morgan fingerprint density at radius 1 is 0.564 bits per heavy atom. The molecule has 3 rings (SSSR count). The third-order valence-corrected chi connectivity index (χ3v) is 7.62. The summed E-state index contributed by atoms with van der Waals surface area (Å²) in [4.78, 5) is 0. The van der Waals surface area contributed by atoms with Gasteiger partial charge in [0.15, 0.2) is 0 Å². The maximum Gasteiger partial charge on any atom is 0.119 e. The monoisotopic (exact) mass is 524 g/mol. The Balaban J connectivity index is 1.72. The van der Waals surface area contributed by atoms with Crippen molar-refractivity contribution in [1.29, 1.82) is 0 Å². The minimum Gasteiger partial charge on any atom is -0.494 e. The summed E-state index contributed by atoms with van der Waals surface area (Å²) in [6.07, 6.45) is 17.2. The Bertz CT molecular complexity index is 1050. The Kier molecular flexibility index (Phi) is 14.6. The molecule has 0 atom stereocenters. The lowest BCUT2D eigenvalue weighted by Gasteiger charge is -2.18. The van der Waals surface area contributed by atoms with Crippen LogP contribution in [0, 0.1) is 5.92 Å². The number of rotatable bonds is 19. The Morgan fingerprint density at radius 2 is 1.05 bits per heavy atom. The minimum absolute atomic E-state index is 0.654. The maximum atomic E-state index is 6.03. The zero-order valence-electron chi connectivity index (χ0n) is 25.0. The van der Waals surface area contributed by atoms with Gasteiger partial charge in [-0.1, -0.05) is 158 Å². The van der Waals surface area contributed by atoms with Crippen molar-refractivity contribution in [3.05, 3.63) is 102 Å². The number of ether oxygens (including phenoxy) is 1. The first-order valence-electron chi connectivity index (χ1n) is 15.8. The van der Waals surface area contributed by atoms with Gasteiger partial charge in [0.1, 0.15) is 5.75 Å². The van der Waals surface area contributed by atoms with Crippen LogP contribution in [-0.2, 0) is 0 Å². The molecule has 0 unspecified atom stereocenters. The van der Waals surface area contributed by atoms with Crippen LogP contribution in [0.2, 0.25) is 0 Å². The van der Waals surface area contributed by atoms with Crippen LogP contribution in [0.15, 0.2) is 84.9 Å². The molecule has 0 spiro atoms. The molecule has 3 aromatic rings. The number of hydrogen-bond donors (Lipinski definition) is 0. The van der Waals surface area contributed by atoms with Crippen molar-refractivity contribution in [2.24, 2.45) is 5.92 Å². The standard InChI is InChI=1S/C38H52O/c1-4-5-6-7-8-9-10-11-12-13-20-25-37(33-21-16-14-17-22-33)38(34-23-18-15-19-24-34)35-26-28-36(29-27-35)39-31-30-32(2)3/h14-19,21-24,26-29,32H,4-13,20,25,30-31H2,1-3H3/b38-37-. The number of unbranched alkanes of at least 4 members (excludes halogenated alkanes) is 10. The van der Waals surface area contributed by atoms with Crippen molar-refractivity contribution < 1.29 is 4.74 Å². The quantitative estimate of drug-likeness (QED) is 0.112. The van der Waals surface area contributed by atoms with E-state index in [1.54, 1.807) is 0 Å². The summed E-state index contributed by atoms with van der Waals surface area (Å²) in [6, 6.07) is 30.7. The Morgan fingerprint density at radius 3 is 1.59 bits per heavy atom. The lowest BCUT2D eigenvalue weighted by molar-refractivity contribution is 0.289. The summed E-state index contributed by atoms with van der Waals surface area (Å²) in [6.45, 7) is 7.54. The first kappa shape index (κ1) is 30.7. The second-order valence-corrected chi connectivity index (χ2v) is 11.4. The van der Waals surface area contributed by atoms with Gasteiger partial charge in [0.05, 0.1) is 6.61 Å². The zero-order valence-corrected chi connectivity index (χ0v) is 25.0. The van der Waals surface area contributed by atoms with Gasteiger partial charge in [-0.15, -0.1) is 0 Å². The van der Waals surface area contributed by atoms with Crippen molar-refractivity contribution in [3.8, 4) is 5.75 Å². The van der Waals surface area contributed by atoms with Crippen LogP contribution in [0.1, 0.15) is 121 Å². The molecule has 3 aromatic carbocycles. The van der Waals surface area contributed by atoms with Gasteiger partial charge in [-0.2, -0.15) is 0 Å². The van der Waals surface area contributed by atoms with Gasteiger partial charge in [-0.05, 0) is 65.1 Å². The van der Waals surface area contributed by atoms with Gasteiger partial charge in [-0.25, -0.2) is 0 Å². The first-order chi connectivity index (χ1) is 19.2. The molecule has 0 N–H and O–H groups in total. The fraction of sp³-hybridized carbons (Fsp3) is 0.474. The van der Waals surface area contributed by atoms with Crippen LogP contribution < -0.4 is 4.74 Å². The third-order valence-electron chi connectivity index (χ3n) is 7.62. The van der Waals surface area contributed by atoms with E-state index in [0.717, 1.165) is 25.2 Å². The zero-order chi connectivity index (χ0) is 27.5. The van der Waals surface area contributed by atoms with Crippen LogP contribution in [0.25, 0.3) is 11.1 Å². The maximum absolute atomic E-state index is 6.03. The second-order valence-electron chi connectivity index (χ2n) is 11.4. The third kappa shape index (κ3) is 11.5. The number of hydrogen-bond acceptors (Lipinski definition) is 1. The fourth-order valence-electron chi connectivity index (χ4n) is 5.27. The van der Waals surface area contributed by atoms with Gasteiger partial charge in [0, 0.05) is 0 Å². The fourth-order valence-corrected chi connectivity index (χ4v) is 5.27. The molecule has 1 nitrogen and oxygen atoms in total. The van der Waals surface area contributed by atoms with E-state index in [4.69, 9.17) is 4.74 Å². The molecular weight excluding hydrogens is 472 g/mol. The average Bonchev–Trinajstić information content (AvgIpc) is 2.96. The highest BCUT2D eigenvalue weighted by Gasteiger charge is 2.14. The van der Waals surface area contributed by atoms with E-state index in [2.05, 4.69) is 106 Å². The van der Waals surface area contributed by atoms with Gasteiger partial charge < -0.3 is 4.74 Å². The average molecular weight is 525 g/mol. The molecule has 0 fully saturated rings. The van der Waals surface area contributed by atoms with Crippen LogP contribution in [-0.4, -0.2) is 6.61 Å². The molecule has 1 heteroatoms.